The number of nitrogens with zero attached hydrogens (tertiary/aromatic N) is 3. The van der Waals surface area contributed by atoms with Crippen LogP contribution in [0.15, 0.2) is 12.4 Å². The number of likely N-dealkylation sites (tertiary alicyclic amines) is 1. The van der Waals surface area contributed by atoms with E-state index in [1.165, 1.54) is 13.3 Å². The predicted molar refractivity (Wildman–Crippen MR) is 62.6 cm³/mol. The Bertz CT molecular complexity index is 413. The lowest BCUT2D eigenvalue weighted by Crippen LogP contribution is -2.33. The summed E-state index contributed by atoms with van der Waals surface area (Å²) in [6, 6.07) is -0.0242. The van der Waals surface area contributed by atoms with Gasteiger partial charge in [-0.25, -0.2) is 4.98 Å². The highest BCUT2D eigenvalue weighted by Crippen LogP contribution is 2.30. The molecule has 0 radical (unpaired) electrons. The molecule has 1 aromatic heterocycles. The van der Waals surface area contributed by atoms with Crippen molar-refractivity contribution in [2.45, 2.75) is 18.9 Å². The van der Waals surface area contributed by atoms with Gasteiger partial charge in [0.25, 0.3) is 0 Å². The van der Waals surface area contributed by atoms with Crippen molar-refractivity contribution in [3.63, 3.8) is 0 Å². The largest absolute Gasteiger partial charge is 0.375 e. The van der Waals surface area contributed by atoms with E-state index in [2.05, 4.69) is 9.97 Å². The molecule has 1 amide bonds. The molecule has 0 aliphatic carbocycles. The van der Waals surface area contributed by atoms with E-state index < -0.39 is 0 Å². The smallest absolute Gasteiger partial charge is 0.249 e. The molecular weight excluding hydrogens is 242 g/mol. The van der Waals surface area contributed by atoms with Gasteiger partial charge in [-0.05, 0) is 12.8 Å². The predicted octanol–water partition coefficient (Wildman–Crippen LogP) is 1.44. The van der Waals surface area contributed by atoms with Crippen LogP contribution in [0.25, 0.3) is 0 Å². The standard InChI is InChI=1S/C11H14ClN3O2/c1-17-7-11(16)15-4-2-3-9(15)8-5-13-6-10(12)14-8/h5-6,9H,2-4,7H2,1H3/t9-/m1/s1. The average Bonchev–Trinajstić information content (AvgIpc) is 2.78. The minimum absolute atomic E-state index is 0.0169. The lowest BCUT2D eigenvalue weighted by atomic mass is 10.1. The minimum Gasteiger partial charge on any atom is -0.375 e. The minimum atomic E-state index is -0.0242. The summed E-state index contributed by atoms with van der Waals surface area (Å²) in [5, 5.41) is 0.355. The molecule has 0 saturated carbocycles. The molecule has 1 atom stereocenters. The van der Waals surface area contributed by atoms with Crippen LogP contribution >= 0.6 is 11.6 Å². The highest BCUT2D eigenvalue weighted by molar-refractivity contribution is 6.29. The number of hydrogen-bond acceptors (Lipinski definition) is 4. The first-order valence-electron chi connectivity index (χ1n) is 5.48. The van der Waals surface area contributed by atoms with E-state index in [0.717, 1.165) is 25.1 Å². The zero-order valence-electron chi connectivity index (χ0n) is 9.60. The van der Waals surface area contributed by atoms with Crippen molar-refractivity contribution in [1.82, 2.24) is 14.9 Å². The van der Waals surface area contributed by atoms with Crippen molar-refractivity contribution in [2.24, 2.45) is 0 Å². The van der Waals surface area contributed by atoms with E-state index in [-0.39, 0.29) is 18.6 Å². The van der Waals surface area contributed by atoms with Gasteiger partial charge >= 0.3 is 0 Å². The Kier molecular flexibility index (Phi) is 3.91. The fourth-order valence-corrected chi connectivity index (χ4v) is 2.25. The average molecular weight is 256 g/mol. The van der Waals surface area contributed by atoms with E-state index in [1.807, 2.05) is 0 Å². The topological polar surface area (TPSA) is 55.3 Å². The Morgan fingerprint density at radius 3 is 3.18 bits per heavy atom. The van der Waals surface area contributed by atoms with Crippen molar-refractivity contribution in [3.05, 3.63) is 23.2 Å². The van der Waals surface area contributed by atoms with Crippen molar-refractivity contribution in [3.8, 4) is 0 Å². The highest BCUT2D eigenvalue weighted by atomic mass is 35.5. The van der Waals surface area contributed by atoms with Crippen molar-refractivity contribution in [1.29, 1.82) is 0 Å². The molecule has 6 heteroatoms. The molecular formula is C11H14ClN3O2. The van der Waals surface area contributed by atoms with Crippen LogP contribution < -0.4 is 0 Å². The molecule has 1 aliphatic heterocycles. The number of carbonyl (C=O) groups is 1. The fourth-order valence-electron chi connectivity index (χ4n) is 2.10. The first-order valence-corrected chi connectivity index (χ1v) is 5.86. The Labute approximate surface area is 105 Å². The molecule has 5 nitrogen and oxygen atoms in total. The third kappa shape index (κ3) is 2.73. The quantitative estimate of drug-likeness (QED) is 0.820. The number of aromatic nitrogens is 2. The van der Waals surface area contributed by atoms with Gasteiger partial charge in [-0.15, -0.1) is 0 Å². The van der Waals surface area contributed by atoms with Crippen LogP contribution in [0.5, 0.6) is 0 Å². The van der Waals surface area contributed by atoms with Crippen LogP contribution in [0.4, 0.5) is 0 Å². The molecule has 0 unspecified atom stereocenters. The van der Waals surface area contributed by atoms with Gasteiger partial charge in [-0.2, -0.15) is 0 Å². The number of methoxy groups -OCH3 is 1. The lowest BCUT2D eigenvalue weighted by Gasteiger charge is -2.23. The number of hydrogen-bond donors (Lipinski definition) is 0. The van der Waals surface area contributed by atoms with Crippen LogP contribution in [0, 0.1) is 0 Å². The van der Waals surface area contributed by atoms with Crippen LogP contribution in [-0.2, 0) is 9.53 Å². The summed E-state index contributed by atoms with van der Waals surface area (Å²) in [4.78, 5) is 21.8. The van der Waals surface area contributed by atoms with Crippen LogP contribution in [-0.4, -0.2) is 41.0 Å². The molecule has 2 heterocycles. The van der Waals surface area contributed by atoms with Crippen molar-refractivity contribution >= 4 is 17.5 Å². The van der Waals surface area contributed by atoms with Crippen LogP contribution in [0.2, 0.25) is 5.15 Å². The molecule has 2 rings (SSSR count). The molecule has 0 N–H and O–H groups in total. The molecule has 0 spiro atoms. The first kappa shape index (κ1) is 12.3. The third-order valence-corrected chi connectivity index (χ3v) is 2.99. The van der Waals surface area contributed by atoms with E-state index in [0.29, 0.717) is 5.15 Å². The maximum Gasteiger partial charge on any atom is 0.249 e. The summed E-state index contributed by atoms with van der Waals surface area (Å²) in [6.07, 6.45) is 5.01. The first-order chi connectivity index (χ1) is 8.22. The van der Waals surface area contributed by atoms with E-state index >= 15 is 0 Å². The normalized spacial score (nSPS) is 19.6. The maximum atomic E-state index is 11.8. The molecule has 17 heavy (non-hydrogen) atoms. The fraction of sp³-hybridized carbons (Fsp3) is 0.545. The summed E-state index contributed by atoms with van der Waals surface area (Å²) in [6.45, 7) is 0.839. The van der Waals surface area contributed by atoms with Gasteiger partial charge in [0.2, 0.25) is 5.91 Å². The number of rotatable bonds is 3. The van der Waals surface area contributed by atoms with E-state index in [1.54, 1.807) is 11.1 Å². The molecule has 1 aromatic rings. The third-order valence-electron chi connectivity index (χ3n) is 2.81. The monoisotopic (exact) mass is 255 g/mol. The highest BCUT2D eigenvalue weighted by Gasteiger charge is 2.30. The Morgan fingerprint density at radius 1 is 1.65 bits per heavy atom. The van der Waals surface area contributed by atoms with Crippen LogP contribution in [0.3, 0.4) is 0 Å². The second-order valence-corrected chi connectivity index (χ2v) is 4.33. The van der Waals surface area contributed by atoms with Gasteiger partial charge in [0.1, 0.15) is 11.8 Å². The number of halogens is 1. The summed E-state index contributed by atoms with van der Waals surface area (Å²) in [7, 11) is 1.52. The van der Waals surface area contributed by atoms with Gasteiger partial charge in [-0.3, -0.25) is 9.78 Å². The van der Waals surface area contributed by atoms with Crippen molar-refractivity contribution in [2.75, 3.05) is 20.3 Å². The molecule has 0 aromatic carbocycles. The summed E-state index contributed by atoms with van der Waals surface area (Å²) in [5.41, 5.74) is 0.749. The van der Waals surface area contributed by atoms with Gasteiger partial charge in [0.05, 0.1) is 24.1 Å². The van der Waals surface area contributed by atoms with Crippen molar-refractivity contribution < 1.29 is 9.53 Å². The number of carbonyl (C=O) groups excluding carboxylic acids is 1. The summed E-state index contributed by atoms with van der Waals surface area (Å²) in [5.74, 6) is -0.0169. The Hall–Kier alpha value is -1.20. The van der Waals surface area contributed by atoms with Gasteiger partial charge in [0, 0.05) is 13.7 Å². The Morgan fingerprint density at radius 2 is 2.47 bits per heavy atom. The molecule has 1 fully saturated rings. The number of ether oxygens (including phenoxy) is 1. The van der Waals surface area contributed by atoms with Gasteiger partial charge in [0.15, 0.2) is 0 Å². The molecule has 1 aliphatic rings. The lowest BCUT2D eigenvalue weighted by molar-refractivity contribution is -0.136. The SMILES string of the molecule is COCC(=O)N1CCC[C@@H]1c1cncc(Cl)n1. The second-order valence-electron chi connectivity index (χ2n) is 3.94. The molecule has 0 bridgehead atoms. The van der Waals surface area contributed by atoms with E-state index in [4.69, 9.17) is 16.3 Å². The zero-order chi connectivity index (χ0) is 12.3. The van der Waals surface area contributed by atoms with E-state index in [9.17, 15) is 4.79 Å². The van der Waals surface area contributed by atoms with Gasteiger partial charge < -0.3 is 9.64 Å². The molecule has 1 saturated heterocycles. The summed E-state index contributed by atoms with van der Waals surface area (Å²) >= 11 is 5.81. The van der Waals surface area contributed by atoms with Crippen LogP contribution in [0.1, 0.15) is 24.6 Å². The second kappa shape index (κ2) is 5.42. The zero-order valence-corrected chi connectivity index (χ0v) is 10.4. The maximum absolute atomic E-state index is 11.8. The number of amides is 1. The summed E-state index contributed by atoms with van der Waals surface area (Å²) < 4.78 is 4.87. The molecule has 92 valence electrons. The Balaban J connectivity index is 2.17. The van der Waals surface area contributed by atoms with Gasteiger partial charge in [-0.1, -0.05) is 11.6 Å².